The molecule has 0 bridgehead atoms. The van der Waals surface area contributed by atoms with Gasteiger partial charge in [0.05, 0.1) is 36.6 Å². The molecule has 0 aliphatic carbocycles. The van der Waals surface area contributed by atoms with E-state index < -0.39 is 5.91 Å². The summed E-state index contributed by atoms with van der Waals surface area (Å²) in [6.07, 6.45) is 7.16. The van der Waals surface area contributed by atoms with Gasteiger partial charge in [0.1, 0.15) is 6.07 Å². The molecule has 154 valence electrons. The molecule has 3 aromatic heterocycles. The number of primary amides is 1. The number of amides is 1. The first kappa shape index (κ1) is 20.1. The van der Waals surface area contributed by atoms with Gasteiger partial charge in [0.25, 0.3) is 0 Å². The van der Waals surface area contributed by atoms with E-state index in [0.717, 1.165) is 22.3 Å². The summed E-state index contributed by atoms with van der Waals surface area (Å²) in [4.78, 5) is 11.4. The molecule has 31 heavy (non-hydrogen) atoms. The van der Waals surface area contributed by atoms with Crippen molar-refractivity contribution in [2.75, 3.05) is 13.7 Å². The molecule has 0 spiro atoms. The number of aromatic nitrogens is 4. The Morgan fingerprint density at radius 3 is 2.61 bits per heavy atom. The summed E-state index contributed by atoms with van der Waals surface area (Å²) in [7, 11) is 1.65. The van der Waals surface area contributed by atoms with Gasteiger partial charge in [0.2, 0.25) is 5.91 Å². The van der Waals surface area contributed by atoms with Crippen molar-refractivity contribution in [3.05, 3.63) is 72.8 Å². The largest absolute Gasteiger partial charge is 0.383 e. The van der Waals surface area contributed by atoms with Crippen LogP contribution in [0, 0.1) is 11.3 Å². The third kappa shape index (κ3) is 3.82. The average Bonchev–Trinajstić information content (AvgIpc) is 3.43. The highest BCUT2D eigenvalue weighted by Crippen LogP contribution is 2.32. The summed E-state index contributed by atoms with van der Waals surface area (Å²) >= 11 is 0. The van der Waals surface area contributed by atoms with Crippen LogP contribution < -0.4 is 5.73 Å². The van der Waals surface area contributed by atoms with E-state index in [-0.39, 0.29) is 5.57 Å². The van der Waals surface area contributed by atoms with Gasteiger partial charge in [-0.25, -0.2) is 4.52 Å². The Balaban J connectivity index is 1.82. The fraction of sp³-hybridized carbons (Fsp3) is 0.130. The zero-order valence-corrected chi connectivity index (χ0v) is 16.9. The smallest absolute Gasteiger partial charge is 0.248 e. The maximum atomic E-state index is 11.4. The van der Waals surface area contributed by atoms with E-state index in [1.165, 1.54) is 0 Å². The molecule has 2 N–H and O–H groups in total. The molecule has 3 heterocycles. The lowest BCUT2D eigenvalue weighted by Crippen LogP contribution is -2.11. The molecule has 0 radical (unpaired) electrons. The summed E-state index contributed by atoms with van der Waals surface area (Å²) < 4.78 is 8.63. The maximum absolute atomic E-state index is 11.4. The van der Waals surface area contributed by atoms with Crippen LogP contribution in [0.25, 0.3) is 33.3 Å². The van der Waals surface area contributed by atoms with Gasteiger partial charge in [-0.3, -0.25) is 9.48 Å². The Morgan fingerprint density at radius 1 is 1.16 bits per heavy atom. The number of rotatable bonds is 7. The first-order valence-electron chi connectivity index (χ1n) is 9.54. The molecule has 0 aliphatic heterocycles. The molecule has 0 aliphatic rings. The second-order valence-corrected chi connectivity index (χ2v) is 7.01. The molecule has 0 saturated carbocycles. The van der Waals surface area contributed by atoms with Gasteiger partial charge in [-0.15, -0.1) is 0 Å². The lowest BCUT2D eigenvalue weighted by molar-refractivity contribution is -0.112. The van der Waals surface area contributed by atoms with Crippen molar-refractivity contribution in [3.8, 4) is 28.3 Å². The van der Waals surface area contributed by atoms with Crippen molar-refractivity contribution in [2.24, 2.45) is 5.73 Å². The molecule has 0 fully saturated rings. The minimum atomic E-state index is -0.565. The molecule has 4 aromatic rings. The maximum Gasteiger partial charge on any atom is 0.248 e. The number of carbonyl (C=O) groups is 1. The summed E-state index contributed by atoms with van der Waals surface area (Å²) in [5.41, 5.74) is 11.0. The number of benzene rings is 1. The molecule has 1 aromatic carbocycles. The van der Waals surface area contributed by atoms with E-state index >= 15 is 0 Å². The Morgan fingerprint density at radius 2 is 1.94 bits per heavy atom. The third-order valence-electron chi connectivity index (χ3n) is 5.07. The van der Waals surface area contributed by atoms with Crippen molar-refractivity contribution in [3.63, 3.8) is 0 Å². The van der Waals surface area contributed by atoms with Gasteiger partial charge in [-0.2, -0.15) is 15.5 Å². The van der Waals surface area contributed by atoms with E-state index in [2.05, 4.69) is 22.8 Å². The van der Waals surface area contributed by atoms with Crippen molar-refractivity contribution in [1.29, 1.82) is 5.26 Å². The van der Waals surface area contributed by atoms with E-state index in [1.54, 1.807) is 36.2 Å². The summed E-state index contributed by atoms with van der Waals surface area (Å²) in [6, 6.07) is 11.5. The first-order valence-corrected chi connectivity index (χ1v) is 9.54. The van der Waals surface area contributed by atoms with Gasteiger partial charge in [0.15, 0.2) is 0 Å². The van der Waals surface area contributed by atoms with Gasteiger partial charge < -0.3 is 10.5 Å². The summed E-state index contributed by atoms with van der Waals surface area (Å²) in [6.45, 7) is 4.94. The second kappa shape index (κ2) is 8.26. The van der Waals surface area contributed by atoms with Crippen LogP contribution in [0.5, 0.6) is 0 Å². The predicted molar refractivity (Wildman–Crippen MR) is 117 cm³/mol. The fourth-order valence-electron chi connectivity index (χ4n) is 3.39. The van der Waals surface area contributed by atoms with Crippen molar-refractivity contribution in [1.82, 2.24) is 19.4 Å². The predicted octanol–water partition coefficient (Wildman–Crippen LogP) is 2.88. The average molecular weight is 412 g/mol. The van der Waals surface area contributed by atoms with Crippen molar-refractivity contribution < 1.29 is 9.53 Å². The molecular formula is C23H20N6O2. The number of fused-ring (bicyclic) bond motifs is 1. The number of nitrogens with two attached hydrogens (primary N) is 1. The van der Waals surface area contributed by atoms with Crippen molar-refractivity contribution in [2.45, 2.75) is 6.54 Å². The highest BCUT2D eigenvalue weighted by Gasteiger charge is 2.15. The minimum Gasteiger partial charge on any atom is -0.383 e. The number of ether oxygens (including phenoxy) is 1. The number of nitrogens with zero attached hydrogens (tertiary/aromatic N) is 5. The van der Waals surface area contributed by atoms with Crippen LogP contribution in [0.1, 0.15) is 11.1 Å². The van der Waals surface area contributed by atoms with E-state index in [0.29, 0.717) is 29.8 Å². The lowest BCUT2D eigenvalue weighted by atomic mass is 9.97. The van der Waals surface area contributed by atoms with Crippen LogP contribution in [0.3, 0.4) is 0 Å². The highest BCUT2D eigenvalue weighted by atomic mass is 16.5. The molecule has 4 rings (SSSR count). The zero-order chi connectivity index (χ0) is 22.0. The Bertz CT molecular complexity index is 1320. The third-order valence-corrected chi connectivity index (χ3v) is 5.07. The standard InChI is InChI=1S/C23H20N6O2/c1-15(23(25)30)16-3-5-17(6-4-16)21-9-18(14-29-22(21)19(10-24)11-27-29)20-12-26-28(13-20)7-8-31-2/h3-6,9,11-14H,1,7-8H2,2H3,(H2,25,30). The van der Waals surface area contributed by atoms with Gasteiger partial charge in [-0.05, 0) is 17.2 Å². The number of methoxy groups -OCH3 is 1. The van der Waals surface area contributed by atoms with Crippen LogP contribution in [0.15, 0.2) is 61.7 Å². The monoisotopic (exact) mass is 412 g/mol. The van der Waals surface area contributed by atoms with Crippen LogP contribution in [-0.2, 0) is 16.1 Å². The molecule has 0 saturated heterocycles. The highest BCUT2D eigenvalue weighted by molar-refractivity contribution is 6.17. The number of pyridine rings is 1. The summed E-state index contributed by atoms with van der Waals surface area (Å²) in [5.74, 6) is -0.565. The zero-order valence-electron chi connectivity index (χ0n) is 16.9. The number of hydrogen-bond donors (Lipinski definition) is 1. The second-order valence-electron chi connectivity index (χ2n) is 7.01. The molecule has 0 unspecified atom stereocenters. The normalized spacial score (nSPS) is 10.8. The molecular weight excluding hydrogens is 392 g/mol. The number of nitriles is 1. The van der Waals surface area contributed by atoms with E-state index in [4.69, 9.17) is 10.5 Å². The SMILES string of the molecule is C=C(C(N)=O)c1ccc(-c2cc(-c3cnn(CCOC)c3)cn3ncc(C#N)c23)cc1. The van der Waals surface area contributed by atoms with E-state index in [1.807, 2.05) is 35.3 Å². The lowest BCUT2D eigenvalue weighted by Gasteiger charge is -2.10. The molecule has 1 amide bonds. The van der Waals surface area contributed by atoms with Crippen LogP contribution in [0.4, 0.5) is 0 Å². The van der Waals surface area contributed by atoms with Gasteiger partial charge in [-0.1, -0.05) is 30.8 Å². The van der Waals surface area contributed by atoms with E-state index in [9.17, 15) is 10.1 Å². The number of carbonyl (C=O) groups excluding carboxylic acids is 1. The topological polar surface area (TPSA) is 111 Å². The first-order chi connectivity index (χ1) is 15.0. The van der Waals surface area contributed by atoms with Gasteiger partial charge >= 0.3 is 0 Å². The molecule has 0 atom stereocenters. The van der Waals surface area contributed by atoms with Crippen LogP contribution >= 0.6 is 0 Å². The van der Waals surface area contributed by atoms with Crippen LogP contribution in [0.2, 0.25) is 0 Å². The quantitative estimate of drug-likeness (QED) is 0.469. The fourth-order valence-corrected chi connectivity index (χ4v) is 3.39. The Hall–Kier alpha value is -4.22. The molecule has 8 nitrogen and oxygen atoms in total. The van der Waals surface area contributed by atoms with Crippen LogP contribution in [-0.4, -0.2) is 39.0 Å². The van der Waals surface area contributed by atoms with Gasteiger partial charge in [0, 0.05) is 41.8 Å². The van der Waals surface area contributed by atoms with Crippen molar-refractivity contribution >= 4 is 17.0 Å². The molecule has 8 heteroatoms. The number of hydrogen-bond acceptors (Lipinski definition) is 5. The Labute approximate surface area is 178 Å². The Kier molecular flexibility index (Phi) is 5.35. The summed E-state index contributed by atoms with van der Waals surface area (Å²) in [5, 5.41) is 18.3. The minimum absolute atomic E-state index is 0.246.